The Labute approximate surface area is 163 Å². The Morgan fingerprint density at radius 2 is 1.96 bits per heavy atom. The lowest BCUT2D eigenvalue weighted by Gasteiger charge is -2.20. The molecule has 4 nitrogen and oxygen atoms in total. The van der Waals surface area contributed by atoms with Crippen LogP contribution in [0.15, 0.2) is 23.2 Å². The molecule has 138 valence electrons. The Hall–Kier alpha value is -0.890. The fourth-order valence-corrected chi connectivity index (χ4v) is 2.41. The molecule has 0 bridgehead atoms. The molecule has 1 rings (SSSR count). The third kappa shape index (κ3) is 7.79. The average Bonchev–Trinajstić information content (AvgIpc) is 2.56. The molecule has 0 fully saturated rings. The van der Waals surface area contributed by atoms with Gasteiger partial charge >= 0.3 is 0 Å². The maximum Gasteiger partial charge on any atom is 0.191 e. The van der Waals surface area contributed by atoms with Gasteiger partial charge < -0.3 is 15.5 Å². The van der Waals surface area contributed by atoms with Crippen molar-refractivity contribution in [3.8, 4) is 0 Å². The van der Waals surface area contributed by atoms with Crippen molar-refractivity contribution >= 4 is 29.9 Å². The molecule has 0 aliphatic heterocycles. The minimum atomic E-state index is -0.168. The van der Waals surface area contributed by atoms with Crippen LogP contribution in [0.2, 0.25) is 0 Å². The number of benzene rings is 1. The largest absolute Gasteiger partial charge is 0.356 e. The summed E-state index contributed by atoms with van der Waals surface area (Å²) in [6.07, 6.45) is 1.07. The smallest absolute Gasteiger partial charge is 0.191 e. The van der Waals surface area contributed by atoms with E-state index in [0.29, 0.717) is 5.56 Å². The number of hydrogen-bond donors (Lipinski definition) is 2. The molecule has 1 aromatic carbocycles. The van der Waals surface area contributed by atoms with Crippen molar-refractivity contribution in [3.05, 3.63) is 35.1 Å². The molecule has 0 amide bonds. The molecule has 0 aromatic heterocycles. The van der Waals surface area contributed by atoms with Crippen LogP contribution in [0.5, 0.6) is 0 Å². The summed E-state index contributed by atoms with van der Waals surface area (Å²) in [6, 6.07) is 5.34. The van der Waals surface area contributed by atoms with Gasteiger partial charge in [-0.05, 0) is 57.1 Å². The van der Waals surface area contributed by atoms with Crippen molar-refractivity contribution in [3.63, 3.8) is 0 Å². The third-order valence-electron chi connectivity index (χ3n) is 4.11. The van der Waals surface area contributed by atoms with E-state index in [1.54, 1.807) is 20.0 Å². The van der Waals surface area contributed by atoms with Gasteiger partial charge in [0.05, 0.1) is 6.04 Å². The molecule has 0 saturated carbocycles. The summed E-state index contributed by atoms with van der Waals surface area (Å²) in [5.74, 6) is 0.580. The predicted molar refractivity (Wildman–Crippen MR) is 112 cm³/mol. The van der Waals surface area contributed by atoms with Crippen LogP contribution in [0.3, 0.4) is 0 Å². The van der Waals surface area contributed by atoms with Crippen LogP contribution in [-0.4, -0.2) is 44.1 Å². The summed E-state index contributed by atoms with van der Waals surface area (Å²) < 4.78 is 13.7. The molecule has 0 aliphatic rings. The molecule has 24 heavy (non-hydrogen) atoms. The van der Waals surface area contributed by atoms with Crippen molar-refractivity contribution in [2.75, 3.05) is 33.2 Å². The van der Waals surface area contributed by atoms with Crippen LogP contribution in [-0.2, 0) is 0 Å². The second kappa shape index (κ2) is 12.5. The standard InChI is InChI=1S/C18H31FN4.HI/c1-6-23(7-2)12-8-11-21-18(20-5)22-15(4)16-10-9-14(3)17(19)13-16;/h9-10,13,15H,6-8,11-12H2,1-5H3,(H2,20,21,22);1H. The highest BCUT2D eigenvalue weighted by molar-refractivity contribution is 14.0. The molecule has 1 aromatic rings. The maximum atomic E-state index is 13.7. The highest BCUT2D eigenvalue weighted by atomic mass is 127. The van der Waals surface area contributed by atoms with Crippen molar-refractivity contribution < 1.29 is 4.39 Å². The van der Waals surface area contributed by atoms with Gasteiger partial charge in [0.25, 0.3) is 0 Å². The van der Waals surface area contributed by atoms with E-state index >= 15 is 0 Å². The first-order valence-corrected chi connectivity index (χ1v) is 8.47. The van der Waals surface area contributed by atoms with Gasteiger partial charge in [0, 0.05) is 13.6 Å². The van der Waals surface area contributed by atoms with E-state index in [0.717, 1.165) is 44.1 Å². The lowest BCUT2D eigenvalue weighted by Crippen LogP contribution is -2.40. The van der Waals surface area contributed by atoms with Crippen LogP contribution in [0.25, 0.3) is 0 Å². The Bertz CT molecular complexity index is 504. The van der Waals surface area contributed by atoms with Gasteiger partial charge in [0.1, 0.15) is 5.82 Å². The fraction of sp³-hybridized carbons (Fsp3) is 0.611. The third-order valence-corrected chi connectivity index (χ3v) is 4.11. The first kappa shape index (κ1) is 23.1. The second-order valence-electron chi connectivity index (χ2n) is 5.75. The van der Waals surface area contributed by atoms with Crippen molar-refractivity contribution in [1.29, 1.82) is 0 Å². The van der Waals surface area contributed by atoms with E-state index < -0.39 is 0 Å². The van der Waals surface area contributed by atoms with Crippen molar-refractivity contribution in [2.45, 2.75) is 40.2 Å². The number of nitrogens with zero attached hydrogens (tertiary/aromatic N) is 2. The molecule has 0 aliphatic carbocycles. The van der Waals surface area contributed by atoms with Gasteiger partial charge in [0.15, 0.2) is 5.96 Å². The fourth-order valence-electron chi connectivity index (χ4n) is 2.41. The Morgan fingerprint density at radius 1 is 1.29 bits per heavy atom. The SMILES string of the molecule is CCN(CC)CCCNC(=NC)NC(C)c1ccc(C)c(F)c1.I. The molecular weight excluding hydrogens is 418 g/mol. The van der Waals surface area contributed by atoms with E-state index in [2.05, 4.69) is 34.4 Å². The molecule has 0 radical (unpaired) electrons. The van der Waals surface area contributed by atoms with Crippen LogP contribution in [0.1, 0.15) is 44.4 Å². The number of rotatable bonds is 8. The van der Waals surface area contributed by atoms with E-state index in [1.807, 2.05) is 19.1 Å². The van der Waals surface area contributed by atoms with Crippen LogP contribution < -0.4 is 10.6 Å². The number of aliphatic imine (C=N–C) groups is 1. The van der Waals surface area contributed by atoms with Crippen LogP contribution in [0.4, 0.5) is 4.39 Å². The molecule has 1 atom stereocenters. The molecule has 0 saturated heterocycles. The first-order valence-electron chi connectivity index (χ1n) is 8.47. The summed E-state index contributed by atoms with van der Waals surface area (Å²) in [5.41, 5.74) is 1.58. The number of guanidine groups is 1. The number of halogens is 2. The number of hydrogen-bond acceptors (Lipinski definition) is 2. The summed E-state index contributed by atoms with van der Waals surface area (Å²) in [4.78, 5) is 6.64. The number of nitrogens with one attached hydrogen (secondary N) is 2. The topological polar surface area (TPSA) is 39.7 Å². The second-order valence-corrected chi connectivity index (χ2v) is 5.75. The molecule has 1 unspecified atom stereocenters. The minimum absolute atomic E-state index is 0. The number of aryl methyl sites for hydroxylation is 1. The van der Waals surface area contributed by atoms with Gasteiger partial charge in [-0.1, -0.05) is 26.0 Å². The predicted octanol–water partition coefficient (Wildman–Crippen LogP) is 3.71. The van der Waals surface area contributed by atoms with Gasteiger partial charge in [0.2, 0.25) is 0 Å². The van der Waals surface area contributed by atoms with Crippen molar-refractivity contribution in [1.82, 2.24) is 15.5 Å². The lowest BCUT2D eigenvalue weighted by atomic mass is 10.1. The summed E-state index contributed by atoms with van der Waals surface area (Å²) >= 11 is 0. The Kier molecular flexibility index (Phi) is 12.0. The van der Waals surface area contributed by atoms with Gasteiger partial charge in [-0.3, -0.25) is 4.99 Å². The average molecular weight is 450 g/mol. The van der Waals surface area contributed by atoms with E-state index in [4.69, 9.17) is 0 Å². The van der Waals surface area contributed by atoms with E-state index in [1.165, 1.54) is 0 Å². The summed E-state index contributed by atoms with van der Waals surface area (Å²) in [6.45, 7) is 12.2. The van der Waals surface area contributed by atoms with E-state index in [9.17, 15) is 4.39 Å². The molecular formula is C18H32FIN4. The van der Waals surface area contributed by atoms with Crippen LogP contribution >= 0.6 is 24.0 Å². The minimum Gasteiger partial charge on any atom is -0.356 e. The first-order chi connectivity index (χ1) is 11.0. The normalized spacial score (nSPS) is 12.7. The zero-order valence-electron chi connectivity index (χ0n) is 15.5. The maximum absolute atomic E-state index is 13.7. The van der Waals surface area contributed by atoms with E-state index in [-0.39, 0.29) is 35.8 Å². The molecule has 0 heterocycles. The summed E-state index contributed by atoms with van der Waals surface area (Å²) in [5, 5.41) is 6.62. The highest BCUT2D eigenvalue weighted by Crippen LogP contribution is 2.16. The monoisotopic (exact) mass is 450 g/mol. The molecule has 0 spiro atoms. The van der Waals surface area contributed by atoms with Gasteiger partial charge in [-0.2, -0.15) is 0 Å². The van der Waals surface area contributed by atoms with Crippen LogP contribution in [0, 0.1) is 12.7 Å². The molecule has 2 N–H and O–H groups in total. The Balaban J connectivity index is 0.00000529. The molecule has 6 heteroatoms. The van der Waals surface area contributed by atoms with Gasteiger partial charge in [-0.25, -0.2) is 4.39 Å². The quantitative estimate of drug-likeness (QED) is 0.275. The summed E-state index contributed by atoms with van der Waals surface area (Å²) in [7, 11) is 1.75. The Morgan fingerprint density at radius 3 is 2.50 bits per heavy atom. The lowest BCUT2D eigenvalue weighted by molar-refractivity contribution is 0.300. The van der Waals surface area contributed by atoms with Crippen molar-refractivity contribution in [2.24, 2.45) is 4.99 Å². The zero-order valence-corrected chi connectivity index (χ0v) is 17.9. The zero-order chi connectivity index (χ0) is 17.2. The highest BCUT2D eigenvalue weighted by Gasteiger charge is 2.09. The van der Waals surface area contributed by atoms with Gasteiger partial charge in [-0.15, -0.1) is 24.0 Å².